The van der Waals surface area contributed by atoms with Gasteiger partial charge in [0.25, 0.3) is 0 Å². The Labute approximate surface area is 101 Å². The van der Waals surface area contributed by atoms with Gasteiger partial charge in [0.2, 0.25) is 10.0 Å². The molecule has 1 atom stereocenters. The molecule has 6 nitrogen and oxygen atoms in total. The smallest absolute Gasteiger partial charge is 0.244 e. The van der Waals surface area contributed by atoms with E-state index in [9.17, 15) is 8.42 Å². The minimum Gasteiger partial charge on any atom is -0.305 e. The van der Waals surface area contributed by atoms with Gasteiger partial charge in [-0.05, 0) is 33.9 Å². The van der Waals surface area contributed by atoms with E-state index in [0.717, 1.165) is 19.5 Å². The second-order valence-corrected chi connectivity index (χ2v) is 6.28. The lowest BCUT2D eigenvalue weighted by molar-refractivity contribution is 0.407. The molecular weight excluding hydrogens is 240 g/mol. The molecule has 1 fully saturated rings. The number of nitrogens with zero attached hydrogens (tertiary/aromatic N) is 2. The summed E-state index contributed by atoms with van der Waals surface area (Å²) in [4.78, 5) is 2.40. The Morgan fingerprint density at radius 2 is 2.18 bits per heavy atom. The molecule has 0 amide bonds. The van der Waals surface area contributed by atoms with Crippen molar-refractivity contribution in [3.8, 4) is 0 Å². The zero-order chi connectivity index (χ0) is 12.6. The van der Waals surface area contributed by atoms with Crippen LogP contribution in [0.2, 0.25) is 0 Å². The SMILES string of the molecule is Cc1n[nH]c(C)c1S(=O)(=O)NC1CCN(C)C1. The number of H-pyrrole nitrogens is 1. The largest absolute Gasteiger partial charge is 0.305 e. The van der Waals surface area contributed by atoms with E-state index in [1.54, 1.807) is 13.8 Å². The predicted molar refractivity (Wildman–Crippen MR) is 64.3 cm³/mol. The van der Waals surface area contributed by atoms with Crippen molar-refractivity contribution in [1.82, 2.24) is 19.8 Å². The van der Waals surface area contributed by atoms with E-state index in [2.05, 4.69) is 19.8 Å². The van der Waals surface area contributed by atoms with Gasteiger partial charge in [0.05, 0.1) is 11.4 Å². The van der Waals surface area contributed by atoms with Crippen molar-refractivity contribution in [3.05, 3.63) is 11.4 Å². The third-order valence-electron chi connectivity index (χ3n) is 3.04. The standard InChI is InChI=1S/C10H18N4O2S/c1-7-10(8(2)12-11-7)17(15,16)13-9-4-5-14(3)6-9/h9,13H,4-6H2,1-3H3,(H,11,12). The van der Waals surface area contributed by atoms with Gasteiger partial charge in [0.1, 0.15) is 4.90 Å². The van der Waals surface area contributed by atoms with Crippen LogP contribution in [-0.2, 0) is 10.0 Å². The summed E-state index contributed by atoms with van der Waals surface area (Å²) >= 11 is 0. The van der Waals surface area contributed by atoms with Gasteiger partial charge in [-0.3, -0.25) is 5.10 Å². The van der Waals surface area contributed by atoms with Crippen LogP contribution in [0, 0.1) is 13.8 Å². The van der Waals surface area contributed by atoms with Gasteiger partial charge in [-0.2, -0.15) is 5.10 Å². The molecule has 0 aromatic carbocycles. The molecule has 0 radical (unpaired) electrons. The average Bonchev–Trinajstić information content (AvgIpc) is 2.73. The topological polar surface area (TPSA) is 78.1 Å². The van der Waals surface area contributed by atoms with Crippen molar-refractivity contribution in [2.45, 2.75) is 31.2 Å². The van der Waals surface area contributed by atoms with Crippen LogP contribution in [0.4, 0.5) is 0 Å². The second kappa shape index (κ2) is 4.40. The van der Waals surface area contributed by atoms with Crippen molar-refractivity contribution in [2.24, 2.45) is 0 Å². The average molecular weight is 258 g/mol. The Morgan fingerprint density at radius 1 is 1.47 bits per heavy atom. The molecule has 17 heavy (non-hydrogen) atoms. The van der Waals surface area contributed by atoms with E-state index >= 15 is 0 Å². The summed E-state index contributed by atoms with van der Waals surface area (Å²) in [5.74, 6) is 0. The third kappa shape index (κ3) is 2.51. The fraction of sp³-hybridized carbons (Fsp3) is 0.700. The summed E-state index contributed by atoms with van der Waals surface area (Å²) in [6.07, 6.45) is 0.853. The highest BCUT2D eigenvalue weighted by Crippen LogP contribution is 2.18. The molecule has 0 aliphatic carbocycles. The number of likely N-dealkylation sites (N-methyl/N-ethyl adjacent to an activating group) is 1. The van der Waals surface area contributed by atoms with Gasteiger partial charge >= 0.3 is 0 Å². The molecule has 7 heteroatoms. The maximum atomic E-state index is 12.2. The van der Waals surface area contributed by atoms with Gasteiger partial charge in [-0.1, -0.05) is 0 Å². The number of hydrogen-bond donors (Lipinski definition) is 2. The molecule has 1 unspecified atom stereocenters. The zero-order valence-corrected chi connectivity index (χ0v) is 11.1. The molecule has 1 aromatic heterocycles. The van der Waals surface area contributed by atoms with E-state index in [4.69, 9.17) is 0 Å². The van der Waals surface area contributed by atoms with E-state index in [-0.39, 0.29) is 10.9 Å². The van der Waals surface area contributed by atoms with Crippen LogP contribution in [0.5, 0.6) is 0 Å². The molecular formula is C10H18N4O2S. The normalized spacial score (nSPS) is 22.2. The molecule has 2 rings (SSSR count). The van der Waals surface area contributed by atoms with E-state index in [0.29, 0.717) is 11.4 Å². The third-order valence-corrected chi connectivity index (χ3v) is 4.83. The number of likely N-dealkylation sites (tertiary alicyclic amines) is 1. The molecule has 0 bridgehead atoms. The number of aryl methyl sites for hydroxylation is 2. The quantitative estimate of drug-likeness (QED) is 0.800. The summed E-state index contributed by atoms with van der Waals surface area (Å²) < 4.78 is 27.2. The molecule has 1 saturated heterocycles. The van der Waals surface area contributed by atoms with Crippen LogP contribution in [0.3, 0.4) is 0 Å². The highest BCUT2D eigenvalue weighted by molar-refractivity contribution is 7.89. The summed E-state index contributed by atoms with van der Waals surface area (Å²) in [6.45, 7) is 5.10. The highest BCUT2D eigenvalue weighted by atomic mass is 32.2. The first-order valence-electron chi connectivity index (χ1n) is 5.62. The van der Waals surface area contributed by atoms with Crippen molar-refractivity contribution in [1.29, 1.82) is 0 Å². The van der Waals surface area contributed by atoms with Crippen LogP contribution in [0.15, 0.2) is 4.90 Å². The Bertz CT molecular complexity index is 489. The lowest BCUT2D eigenvalue weighted by Crippen LogP contribution is -2.36. The van der Waals surface area contributed by atoms with Crippen molar-refractivity contribution in [2.75, 3.05) is 20.1 Å². The van der Waals surface area contributed by atoms with Gasteiger partial charge in [-0.15, -0.1) is 0 Å². The minimum absolute atomic E-state index is 0.00120. The number of hydrogen-bond acceptors (Lipinski definition) is 4. The van der Waals surface area contributed by atoms with E-state index in [1.807, 2.05) is 7.05 Å². The fourth-order valence-electron chi connectivity index (χ4n) is 2.25. The van der Waals surface area contributed by atoms with Crippen molar-refractivity contribution < 1.29 is 8.42 Å². The number of rotatable bonds is 3. The summed E-state index contributed by atoms with van der Waals surface area (Å²) in [6, 6.07) is -0.00120. The number of aromatic amines is 1. The number of sulfonamides is 1. The van der Waals surface area contributed by atoms with Gasteiger partial charge in [0, 0.05) is 12.6 Å². The lowest BCUT2D eigenvalue weighted by atomic mass is 10.3. The van der Waals surface area contributed by atoms with E-state index in [1.165, 1.54) is 0 Å². The van der Waals surface area contributed by atoms with Crippen LogP contribution in [-0.4, -0.2) is 49.7 Å². The molecule has 96 valence electrons. The zero-order valence-electron chi connectivity index (χ0n) is 10.3. The van der Waals surface area contributed by atoms with Gasteiger partial charge in [-0.25, -0.2) is 13.1 Å². The van der Waals surface area contributed by atoms with Crippen molar-refractivity contribution >= 4 is 10.0 Å². The lowest BCUT2D eigenvalue weighted by Gasteiger charge is -2.13. The van der Waals surface area contributed by atoms with E-state index < -0.39 is 10.0 Å². The van der Waals surface area contributed by atoms with Crippen LogP contribution < -0.4 is 4.72 Å². The Balaban J connectivity index is 2.20. The first kappa shape index (κ1) is 12.5. The summed E-state index contributed by atoms with van der Waals surface area (Å²) in [7, 11) is -1.47. The highest BCUT2D eigenvalue weighted by Gasteiger charge is 2.28. The summed E-state index contributed by atoms with van der Waals surface area (Å²) in [5, 5.41) is 6.61. The molecule has 1 aliphatic rings. The summed E-state index contributed by atoms with van der Waals surface area (Å²) in [5.41, 5.74) is 1.10. The Hall–Kier alpha value is -0.920. The first-order chi connectivity index (χ1) is 7.90. The maximum absolute atomic E-state index is 12.2. The second-order valence-electron chi connectivity index (χ2n) is 4.63. The molecule has 2 N–H and O–H groups in total. The molecule has 0 saturated carbocycles. The van der Waals surface area contributed by atoms with Crippen LogP contribution >= 0.6 is 0 Å². The monoisotopic (exact) mass is 258 g/mol. The fourth-order valence-corrected chi connectivity index (χ4v) is 3.88. The molecule has 1 aliphatic heterocycles. The maximum Gasteiger partial charge on any atom is 0.244 e. The number of aromatic nitrogens is 2. The molecule has 2 heterocycles. The van der Waals surface area contributed by atoms with Gasteiger partial charge in [0.15, 0.2) is 0 Å². The van der Waals surface area contributed by atoms with Crippen molar-refractivity contribution in [3.63, 3.8) is 0 Å². The number of nitrogens with one attached hydrogen (secondary N) is 2. The Morgan fingerprint density at radius 3 is 2.65 bits per heavy atom. The minimum atomic E-state index is -3.46. The van der Waals surface area contributed by atoms with Gasteiger partial charge < -0.3 is 4.90 Å². The van der Waals surface area contributed by atoms with Crippen LogP contribution in [0.1, 0.15) is 17.8 Å². The first-order valence-corrected chi connectivity index (χ1v) is 7.11. The molecule has 0 spiro atoms. The molecule has 1 aromatic rings. The Kier molecular flexibility index (Phi) is 3.24. The van der Waals surface area contributed by atoms with Crippen LogP contribution in [0.25, 0.3) is 0 Å². The predicted octanol–water partition coefficient (Wildman–Crippen LogP) is 0.00894.